The number of nitrogens with zero attached hydrogens (tertiary/aromatic N) is 4. The van der Waals surface area contributed by atoms with E-state index >= 15 is 0 Å². The maximum absolute atomic E-state index is 12.1. The fourth-order valence-corrected chi connectivity index (χ4v) is 2.33. The highest BCUT2D eigenvalue weighted by Crippen LogP contribution is 2.15. The van der Waals surface area contributed by atoms with E-state index in [4.69, 9.17) is 0 Å². The van der Waals surface area contributed by atoms with Crippen LogP contribution in [0, 0.1) is 20.2 Å². The number of carbonyl (C=O) groups excluding carboxylic acids is 2. The standard InChI is InChI=1S/C17H12N6O6/c24-16(11-2-1-3-14(10-11)23(28)29)18-19-17(25)15-8-9-21(20-15)12-4-6-13(7-5-12)22(26)27/h1-10H,(H,18,24)(H,19,25). The van der Waals surface area contributed by atoms with Gasteiger partial charge < -0.3 is 0 Å². The van der Waals surface area contributed by atoms with Crippen LogP contribution in [0.4, 0.5) is 11.4 Å². The van der Waals surface area contributed by atoms with Crippen molar-refractivity contribution in [3.63, 3.8) is 0 Å². The molecule has 12 heteroatoms. The molecule has 3 aromatic rings. The number of hydrogen-bond acceptors (Lipinski definition) is 7. The molecule has 1 aromatic heterocycles. The first-order chi connectivity index (χ1) is 13.8. The van der Waals surface area contributed by atoms with Crippen LogP contribution in [0.2, 0.25) is 0 Å². The molecule has 0 saturated carbocycles. The molecule has 0 unspecified atom stereocenters. The molecule has 2 amide bonds. The topological polar surface area (TPSA) is 162 Å². The van der Waals surface area contributed by atoms with E-state index in [1.165, 1.54) is 59.4 Å². The first-order valence-corrected chi connectivity index (χ1v) is 8.01. The third kappa shape index (κ3) is 4.39. The third-order valence-electron chi connectivity index (χ3n) is 3.76. The van der Waals surface area contributed by atoms with Crippen molar-refractivity contribution in [3.8, 4) is 5.69 Å². The minimum absolute atomic E-state index is 0.00379. The van der Waals surface area contributed by atoms with Crippen molar-refractivity contribution in [1.82, 2.24) is 20.6 Å². The summed E-state index contributed by atoms with van der Waals surface area (Å²) in [4.78, 5) is 44.5. The lowest BCUT2D eigenvalue weighted by Gasteiger charge is -2.06. The van der Waals surface area contributed by atoms with Gasteiger partial charge in [-0.1, -0.05) is 6.07 Å². The van der Waals surface area contributed by atoms with E-state index < -0.39 is 21.7 Å². The maximum atomic E-state index is 12.1. The van der Waals surface area contributed by atoms with Gasteiger partial charge in [0.05, 0.1) is 15.5 Å². The van der Waals surface area contributed by atoms with Gasteiger partial charge in [-0.2, -0.15) is 5.10 Å². The van der Waals surface area contributed by atoms with Crippen LogP contribution in [0.25, 0.3) is 5.69 Å². The van der Waals surface area contributed by atoms with Crippen molar-refractivity contribution >= 4 is 23.2 Å². The molecule has 0 aliphatic rings. The zero-order valence-corrected chi connectivity index (χ0v) is 14.5. The molecule has 0 radical (unpaired) electrons. The van der Waals surface area contributed by atoms with Crippen LogP contribution in [-0.4, -0.2) is 31.4 Å². The molecule has 0 spiro atoms. The molecule has 0 atom stereocenters. The number of rotatable bonds is 5. The minimum atomic E-state index is -0.739. The van der Waals surface area contributed by atoms with Crippen LogP contribution < -0.4 is 10.9 Å². The third-order valence-corrected chi connectivity index (χ3v) is 3.76. The normalized spacial score (nSPS) is 10.2. The number of benzene rings is 2. The number of aromatic nitrogens is 2. The zero-order valence-electron chi connectivity index (χ0n) is 14.5. The first kappa shape index (κ1) is 19.2. The van der Waals surface area contributed by atoms with Crippen molar-refractivity contribution in [2.75, 3.05) is 0 Å². The molecule has 0 saturated heterocycles. The Morgan fingerprint density at radius 1 is 0.862 bits per heavy atom. The first-order valence-electron chi connectivity index (χ1n) is 8.01. The van der Waals surface area contributed by atoms with Crippen LogP contribution in [0.1, 0.15) is 20.8 Å². The Kier molecular flexibility index (Phi) is 5.26. The van der Waals surface area contributed by atoms with Gasteiger partial charge in [-0.05, 0) is 24.3 Å². The minimum Gasteiger partial charge on any atom is -0.267 e. The molecular weight excluding hydrogens is 384 g/mol. The summed E-state index contributed by atoms with van der Waals surface area (Å²) in [5, 5.41) is 25.5. The van der Waals surface area contributed by atoms with Gasteiger partial charge in [0, 0.05) is 36.0 Å². The molecule has 2 aromatic carbocycles. The highest BCUT2D eigenvalue weighted by Gasteiger charge is 2.15. The second kappa shape index (κ2) is 7.96. The molecule has 1 heterocycles. The fourth-order valence-electron chi connectivity index (χ4n) is 2.33. The van der Waals surface area contributed by atoms with E-state index in [0.717, 1.165) is 6.07 Å². The molecule has 0 fully saturated rings. The van der Waals surface area contributed by atoms with Gasteiger partial charge in [-0.3, -0.25) is 40.7 Å². The quantitative estimate of drug-likeness (QED) is 0.490. The van der Waals surface area contributed by atoms with E-state index in [2.05, 4.69) is 16.0 Å². The molecule has 0 aliphatic carbocycles. The van der Waals surface area contributed by atoms with Crippen LogP contribution in [-0.2, 0) is 0 Å². The van der Waals surface area contributed by atoms with Crippen molar-refractivity contribution in [2.45, 2.75) is 0 Å². The Balaban J connectivity index is 1.64. The molecule has 2 N–H and O–H groups in total. The van der Waals surface area contributed by atoms with Crippen LogP contribution in [0.15, 0.2) is 60.8 Å². The number of non-ortho nitro benzene ring substituents is 2. The predicted octanol–water partition coefficient (Wildman–Crippen LogP) is 1.76. The lowest BCUT2D eigenvalue weighted by atomic mass is 10.2. The Labute approximate surface area is 162 Å². The van der Waals surface area contributed by atoms with Gasteiger partial charge in [0.2, 0.25) is 0 Å². The maximum Gasteiger partial charge on any atom is 0.290 e. The van der Waals surface area contributed by atoms with E-state index in [-0.39, 0.29) is 22.6 Å². The molecule has 29 heavy (non-hydrogen) atoms. The molecule has 12 nitrogen and oxygen atoms in total. The van der Waals surface area contributed by atoms with E-state index in [1.807, 2.05) is 0 Å². The summed E-state index contributed by atoms with van der Waals surface area (Å²) in [5.41, 5.74) is 4.44. The zero-order chi connectivity index (χ0) is 21.0. The second-order valence-corrected chi connectivity index (χ2v) is 5.63. The number of amides is 2. The van der Waals surface area contributed by atoms with Gasteiger partial charge in [0.15, 0.2) is 5.69 Å². The van der Waals surface area contributed by atoms with E-state index in [1.54, 1.807) is 0 Å². The van der Waals surface area contributed by atoms with Gasteiger partial charge in [0.1, 0.15) is 0 Å². The molecule has 146 valence electrons. The Morgan fingerprint density at radius 3 is 2.17 bits per heavy atom. The highest BCUT2D eigenvalue weighted by molar-refractivity contribution is 5.98. The number of hydrogen-bond donors (Lipinski definition) is 2. The van der Waals surface area contributed by atoms with Crippen molar-refractivity contribution < 1.29 is 19.4 Å². The SMILES string of the molecule is O=C(NNC(=O)c1ccn(-c2ccc([N+](=O)[O-])cc2)n1)c1cccc([N+](=O)[O-])c1. The van der Waals surface area contributed by atoms with Crippen molar-refractivity contribution in [3.05, 3.63) is 92.3 Å². The summed E-state index contributed by atoms with van der Waals surface area (Å²) in [6.45, 7) is 0. The Hall–Kier alpha value is -4.61. The summed E-state index contributed by atoms with van der Waals surface area (Å²) in [6, 6.07) is 11.9. The van der Waals surface area contributed by atoms with Gasteiger partial charge in [0.25, 0.3) is 23.2 Å². The van der Waals surface area contributed by atoms with Crippen LogP contribution in [0.5, 0.6) is 0 Å². The second-order valence-electron chi connectivity index (χ2n) is 5.63. The molecule has 3 rings (SSSR count). The molecule has 0 aliphatic heterocycles. The number of hydrazine groups is 1. The lowest BCUT2D eigenvalue weighted by Crippen LogP contribution is -2.41. The number of nitro benzene ring substituents is 2. The summed E-state index contributed by atoms with van der Waals surface area (Å²) < 4.78 is 1.33. The molecular formula is C17H12N6O6. The van der Waals surface area contributed by atoms with E-state index in [0.29, 0.717) is 5.69 Å². The van der Waals surface area contributed by atoms with Crippen LogP contribution >= 0.6 is 0 Å². The van der Waals surface area contributed by atoms with Gasteiger partial charge in [-0.25, -0.2) is 4.68 Å². The Morgan fingerprint density at radius 2 is 1.52 bits per heavy atom. The van der Waals surface area contributed by atoms with Gasteiger partial charge >= 0.3 is 0 Å². The smallest absolute Gasteiger partial charge is 0.267 e. The predicted molar refractivity (Wildman–Crippen MR) is 98.2 cm³/mol. The number of nitrogens with one attached hydrogen (secondary N) is 2. The summed E-state index contributed by atoms with van der Waals surface area (Å²) >= 11 is 0. The monoisotopic (exact) mass is 396 g/mol. The summed E-state index contributed by atoms with van der Waals surface area (Å²) in [5.74, 6) is -1.46. The summed E-state index contributed by atoms with van der Waals surface area (Å²) in [7, 11) is 0. The van der Waals surface area contributed by atoms with Crippen molar-refractivity contribution in [1.29, 1.82) is 0 Å². The average Bonchev–Trinajstić information content (AvgIpc) is 3.22. The van der Waals surface area contributed by atoms with Gasteiger partial charge in [-0.15, -0.1) is 0 Å². The van der Waals surface area contributed by atoms with E-state index in [9.17, 15) is 29.8 Å². The molecule has 0 bridgehead atoms. The largest absolute Gasteiger partial charge is 0.290 e. The highest BCUT2D eigenvalue weighted by atomic mass is 16.6. The number of carbonyl (C=O) groups is 2. The van der Waals surface area contributed by atoms with Crippen molar-refractivity contribution in [2.24, 2.45) is 0 Å². The Bertz CT molecular complexity index is 1110. The number of nitro groups is 2. The van der Waals surface area contributed by atoms with Crippen LogP contribution in [0.3, 0.4) is 0 Å². The summed E-state index contributed by atoms with van der Waals surface area (Å²) in [6.07, 6.45) is 1.47. The lowest BCUT2D eigenvalue weighted by molar-refractivity contribution is -0.385. The fraction of sp³-hybridized carbons (Fsp3) is 0. The average molecular weight is 396 g/mol.